The first kappa shape index (κ1) is 12.7. The van der Waals surface area contributed by atoms with Crippen LogP contribution in [0.15, 0.2) is 47.2 Å². The van der Waals surface area contributed by atoms with E-state index in [1.165, 1.54) is 24.0 Å². The first-order chi connectivity index (χ1) is 9.20. The molecule has 0 unspecified atom stereocenters. The first-order valence-electron chi connectivity index (χ1n) is 6.65. The van der Waals surface area contributed by atoms with E-state index < -0.39 is 0 Å². The molecule has 1 fully saturated rings. The van der Waals surface area contributed by atoms with Crippen LogP contribution in [-0.4, -0.2) is 11.0 Å². The monoisotopic (exact) mass is 316 g/mol. The Morgan fingerprint density at radius 3 is 2.47 bits per heavy atom. The molecule has 1 N–H and O–H groups in total. The Hall–Kier alpha value is -1.35. The van der Waals surface area contributed by atoms with Crippen LogP contribution in [0.25, 0.3) is 0 Å². The fourth-order valence-corrected chi connectivity index (χ4v) is 2.78. The highest BCUT2D eigenvalue weighted by Gasteiger charge is 2.30. The third-order valence-corrected chi connectivity index (χ3v) is 4.25. The van der Waals surface area contributed by atoms with Crippen molar-refractivity contribution in [3.63, 3.8) is 0 Å². The van der Waals surface area contributed by atoms with Gasteiger partial charge < -0.3 is 5.32 Å². The number of hydrogen-bond donors (Lipinski definition) is 1. The van der Waals surface area contributed by atoms with Gasteiger partial charge in [-0.25, -0.2) is 4.98 Å². The zero-order valence-corrected chi connectivity index (χ0v) is 12.5. The summed E-state index contributed by atoms with van der Waals surface area (Å²) in [5.41, 5.74) is 3.91. The van der Waals surface area contributed by atoms with E-state index in [1.807, 2.05) is 12.3 Å². The molecule has 98 valence electrons. The minimum Gasteiger partial charge on any atom is -0.381 e. The number of nitrogens with one attached hydrogen (secondary N) is 1. The maximum Gasteiger partial charge on any atom is 0.106 e. The molecule has 1 aliphatic carbocycles. The molecule has 0 bridgehead atoms. The predicted octanol–water partition coefficient (Wildman–Crippen LogP) is 4.51. The number of pyridine rings is 1. The highest BCUT2D eigenvalue weighted by Crippen LogP contribution is 2.38. The molecule has 1 aromatic carbocycles. The quantitative estimate of drug-likeness (QED) is 0.843. The lowest BCUT2D eigenvalue weighted by Crippen LogP contribution is -2.34. The smallest absolute Gasteiger partial charge is 0.106 e. The molecule has 3 heteroatoms. The Labute approximate surface area is 122 Å². The van der Waals surface area contributed by atoms with E-state index >= 15 is 0 Å². The van der Waals surface area contributed by atoms with Gasteiger partial charge in [0.25, 0.3) is 0 Å². The highest BCUT2D eigenvalue weighted by molar-refractivity contribution is 9.10. The van der Waals surface area contributed by atoms with Gasteiger partial charge >= 0.3 is 0 Å². The van der Waals surface area contributed by atoms with Gasteiger partial charge in [0.05, 0.1) is 11.9 Å². The second-order valence-electron chi connectivity index (χ2n) is 5.29. The van der Waals surface area contributed by atoms with Crippen LogP contribution in [0, 0.1) is 6.92 Å². The third kappa shape index (κ3) is 2.98. The molecule has 19 heavy (non-hydrogen) atoms. The molecular formula is C16H17BrN2. The summed E-state index contributed by atoms with van der Waals surface area (Å²) in [5.74, 6) is 0.710. The molecule has 0 amide bonds. The summed E-state index contributed by atoms with van der Waals surface area (Å²) in [7, 11) is 0. The van der Waals surface area contributed by atoms with Gasteiger partial charge in [0, 0.05) is 6.04 Å². The number of nitrogens with zero attached hydrogens (tertiary/aromatic N) is 1. The molecular weight excluding hydrogens is 300 g/mol. The SMILES string of the molecule is Cc1ccc(C2CC(Nc3ccc(Br)nc3)C2)cc1. The average molecular weight is 317 g/mol. The van der Waals surface area contributed by atoms with Crippen molar-refractivity contribution in [1.82, 2.24) is 4.98 Å². The Kier molecular flexibility index (Phi) is 3.56. The fourth-order valence-electron chi connectivity index (χ4n) is 2.54. The minimum atomic E-state index is 0.578. The number of rotatable bonds is 3. The van der Waals surface area contributed by atoms with Crippen LogP contribution in [0.4, 0.5) is 5.69 Å². The molecule has 1 heterocycles. The van der Waals surface area contributed by atoms with Crippen molar-refractivity contribution >= 4 is 21.6 Å². The number of anilines is 1. The summed E-state index contributed by atoms with van der Waals surface area (Å²) < 4.78 is 0.879. The van der Waals surface area contributed by atoms with E-state index in [2.05, 4.69) is 63.5 Å². The van der Waals surface area contributed by atoms with E-state index in [4.69, 9.17) is 0 Å². The van der Waals surface area contributed by atoms with Gasteiger partial charge in [-0.15, -0.1) is 0 Å². The van der Waals surface area contributed by atoms with E-state index in [-0.39, 0.29) is 0 Å². The lowest BCUT2D eigenvalue weighted by atomic mass is 9.75. The van der Waals surface area contributed by atoms with Crippen molar-refractivity contribution in [2.24, 2.45) is 0 Å². The zero-order valence-electron chi connectivity index (χ0n) is 10.9. The number of hydrogen-bond acceptors (Lipinski definition) is 2. The van der Waals surface area contributed by atoms with Crippen LogP contribution in [0.1, 0.15) is 29.9 Å². The van der Waals surface area contributed by atoms with E-state index in [0.717, 1.165) is 10.3 Å². The van der Waals surface area contributed by atoms with Gasteiger partial charge in [-0.2, -0.15) is 0 Å². The molecule has 2 nitrogen and oxygen atoms in total. The number of aryl methyl sites for hydroxylation is 1. The molecule has 1 saturated carbocycles. The summed E-state index contributed by atoms with van der Waals surface area (Å²) in [6, 6.07) is 13.5. The third-order valence-electron chi connectivity index (χ3n) is 3.79. The van der Waals surface area contributed by atoms with Crippen LogP contribution in [-0.2, 0) is 0 Å². The first-order valence-corrected chi connectivity index (χ1v) is 7.44. The number of aromatic nitrogens is 1. The van der Waals surface area contributed by atoms with Crippen molar-refractivity contribution in [3.8, 4) is 0 Å². The fraction of sp³-hybridized carbons (Fsp3) is 0.312. The second-order valence-corrected chi connectivity index (χ2v) is 6.10. The Balaban J connectivity index is 1.55. The summed E-state index contributed by atoms with van der Waals surface area (Å²) in [4.78, 5) is 4.23. The Morgan fingerprint density at radius 1 is 1.11 bits per heavy atom. The minimum absolute atomic E-state index is 0.578. The summed E-state index contributed by atoms with van der Waals surface area (Å²) in [5, 5.41) is 3.53. The summed E-state index contributed by atoms with van der Waals surface area (Å²) in [6.07, 6.45) is 4.29. The number of benzene rings is 1. The molecule has 0 radical (unpaired) electrons. The largest absolute Gasteiger partial charge is 0.381 e. The topological polar surface area (TPSA) is 24.9 Å². The van der Waals surface area contributed by atoms with E-state index in [9.17, 15) is 0 Å². The van der Waals surface area contributed by atoms with Crippen molar-refractivity contribution < 1.29 is 0 Å². The lowest BCUT2D eigenvalue weighted by molar-refractivity contribution is 0.374. The van der Waals surface area contributed by atoms with Gasteiger partial charge in [-0.05, 0) is 59.3 Å². The van der Waals surface area contributed by atoms with Crippen LogP contribution < -0.4 is 5.32 Å². The molecule has 0 atom stereocenters. The maximum absolute atomic E-state index is 4.23. The molecule has 0 aliphatic heterocycles. The summed E-state index contributed by atoms with van der Waals surface area (Å²) in [6.45, 7) is 2.13. The van der Waals surface area contributed by atoms with Crippen LogP contribution in [0.2, 0.25) is 0 Å². The van der Waals surface area contributed by atoms with Crippen LogP contribution in [0.3, 0.4) is 0 Å². The second kappa shape index (κ2) is 5.33. The van der Waals surface area contributed by atoms with Gasteiger partial charge in [-0.1, -0.05) is 29.8 Å². The standard InChI is InChI=1S/C16H17BrN2/c1-11-2-4-12(5-3-11)13-8-15(9-13)19-14-6-7-16(17)18-10-14/h2-7,10,13,15,19H,8-9H2,1H3. The Morgan fingerprint density at radius 2 is 1.84 bits per heavy atom. The zero-order chi connectivity index (χ0) is 13.2. The molecule has 0 saturated heterocycles. The highest BCUT2D eigenvalue weighted by atomic mass is 79.9. The lowest BCUT2D eigenvalue weighted by Gasteiger charge is -2.36. The van der Waals surface area contributed by atoms with Gasteiger partial charge in [0.15, 0.2) is 0 Å². The van der Waals surface area contributed by atoms with Gasteiger partial charge in [0.1, 0.15) is 4.60 Å². The summed E-state index contributed by atoms with van der Waals surface area (Å²) >= 11 is 3.35. The number of halogens is 1. The normalized spacial score (nSPS) is 21.8. The van der Waals surface area contributed by atoms with Gasteiger partial charge in [0.2, 0.25) is 0 Å². The van der Waals surface area contributed by atoms with Crippen LogP contribution in [0.5, 0.6) is 0 Å². The molecule has 0 spiro atoms. The molecule has 1 aliphatic rings. The molecule has 2 aromatic rings. The van der Waals surface area contributed by atoms with Crippen molar-refractivity contribution in [2.75, 3.05) is 5.32 Å². The maximum atomic E-state index is 4.23. The van der Waals surface area contributed by atoms with Crippen LogP contribution >= 0.6 is 15.9 Å². The van der Waals surface area contributed by atoms with Crippen molar-refractivity contribution in [1.29, 1.82) is 0 Å². The average Bonchev–Trinajstić information content (AvgIpc) is 2.37. The van der Waals surface area contributed by atoms with Gasteiger partial charge in [-0.3, -0.25) is 0 Å². The molecule has 1 aromatic heterocycles. The Bertz CT molecular complexity index is 542. The van der Waals surface area contributed by atoms with E-state index in [0.29, 0.717) is 12.0 Å². The predicted molar refractivity (Wildman–Crippen MR) is 82.5 cm³/mol. The van der Waals surface area contributed by atoms with Crippen molar-refractivity contribution in [2.45, 2.75) is 31.7 Å². The van der Waals surface area contributed by atoms with E-state index in [1.54, 1.807) is 0 Å². The molecule has 3 rings (SSSR count). The van der Waals surface area contributed by atoms with Crippen molar-refractivity contribution in [3.05, 3.63) is 58.3 Å².